The first-order valence-corrected chi connectivity index (χ1v) is 8.21. The second-order valence-electron chi connectivity index (χ2n) is 5.04. The number of esters is 1. The Morgan fingerprint density at radius 3 is 2.39 bits per heavy atom. The maximum atomic E-state index is 13.9. The lowest BCUT2D eigenvalue weighted by molar-refractivity contribution is 0.0600. The molecule has 0 saturated heterocycles. The van der Waals surface area contributed by atoms with E-state index in [9.17, 15) is 17.6 Å². The first kappa shape index (κ1) is 17.0. The van der Waals surface area contributed by atoms with Gasteiger partial charge in [0, 0.05) is 5.69 Å². The van der Waals surface area contributed by atoms with Crippen LogP contribution in [-0.2, 0) is 14.8 Å². The average molecular weight is 337 g/mol. The van der Waals surface area contributed by atoms with E-state index in [-0.39, 0.29) is 5.56 Å². The molecule has 0 aromatic heterocycles. The van der Waals surface area contributed by atoms with Crippen molar-refractivity contribution < 1.29 is 22.3 Å². The molecule has 23 heavy (non-hydrogen) atoms. The number of carbonyl (C=O) groups excluding carboxylic acids is 1. The van der Waals surface area contributed by atoms with Gasteiger partial charge in [-0.1, -0.05) is 6.07 Å². The molecule has 7 heteroatoms. The molecule has 0 saturated carbocycles. The van der Waals surface area contributed by atoms with Gasteiger partial charge in [-0.3, -0.25) is 4.72 Å². The minimum Gasteiger partial charge on any atom is -0.465 e. The SMILES string of the molecule is COC(=O)c1ccc(F)c(S(=O)(=O)Nc2ccc(C)c(C)c2)c1. The highest BCUT2D eigenvalue weighted by molar-refractivity contribution is 7.92. The van der Waals surface area contributed by atoms with Crippen molar-refractivity contribution in [2.24, 2.45) is 0 Å². The Labute approximate surface area is 134 Å². The normalized spacial score (nSPS) is 11.1. The predicted octanol–water partition coefficient (Wildman–Crippen LogP) is 3.03. The third kappa shape index (κ3) is 3.68. The molecule has 0 fully saturated rings. The molecule has 0 aliphatic heterocycles. The second-order valence-corrected chi connectivity index (χ2v) is 6.69. The van der Waals surface area contributed by atoms with Crippen LogP contribution in [0.1, 0.15) is 21.5 Å². The molecular formula is C16H16FNO4S. The Bertz CT molecular complexity index is 862. The Morgan fingerprint density at radius 1 is 1.09 bits per heavy atom. The number of anilines is 1. The summed E-state index contributed by atoms with van der Waals surface area (Å²) in [5, 5.41) is 0. The minimum atomic E-state index is -4.17. The molecule has 2 aromatic rings. The van der Waals surface area contributed by atoms with Crippen molar-refractivity contribution in [3.8, 4) is 0 Å². The van der Waals surface area contributed by atoms with Gasteiger partial charge in [0.25, 0.3) is 10.0 Å². The number of sulfonamides is 1. The number of methoxy groups -OCH3 is 1. The largest absolute Gasteiger partial charge is 0.465 e. The van der Waals surface area contributed by atoms with Crippen molar-refractivity contribution in [1.29, 1.82) is 0 Å². The van der Waals surface area contributed by atoms with E-state index in [2.05, 4.69) is 9.46 Å². The maximum Gasteiger partial charge on any atom is 0.337 e. The molecule has 0 heterocycles. The fourth-order valence-electron chi connectivity index (χ4n) is 1.97. The summed E-state index contributed by atoms with van der Waals surface area (Å²) in [4.78, 5) is 10.9. The summed E-state index contributed by atoms with van der Waals surface area (Å²) in [5.74, 6) is -1.69. The topological polar surface area (TPSA) is 72.5 Å². The zero-order valence-corrected chi connectivity index (χ0v) is 13.7. The van der Waals surface area contributed by atoms with E-state index >= 15 is 0 Å². The smallest absolute Gasteiger partial charge is 0.337 e. The van der Waals surface area contributed by atoms with Crippen LogP contribution in [0, 0.1) is 19.7 Å². The van der Waals surface area contributed by atoms with Gasteiger partial charge in [0.1, 0.15) is 10.7 Å². The van der Waals surface area contributed by atoms with Gasteiger partial charge in [0.2, 0.25) is 0 Å². The van der Waals surface area contributed by atoms with Crippen molar-refractivity contribution >= 4 is 21.7 Å². The number of carbonyl (C=O) groups is 1. The zero-order valence-electron chi connectivity index (χ0n) is 12.9. The Kier molecular flexibility index (Phi) is 4.70. The van der Waals surface area contributed by atoms with E-state index in [0.717, 1.165) is 36.4 Å². The van der Waals surface area contributed by atoms with Gasteiger partial charge in [-0.25, -0.2) is 17.6 Å². The van der Waals surface area contributed by atoms with Gasteiger partial charge in [-0.05, 0) is 55.3 Å². The molecule has 0 unspecified atom stereocenters. The highest BCUT2D eigenvalue weighted by Gasteiger charge is 2.21. The molecule has 0 bridgehead atoms. The number of halogens is 1. The molecule has 0 aliphatic rings. The van der Waals surface area contributed by atoms with Crippen LogP contribution in [0.15, 0.2) is 41.3 Å². The first-order valence-electron chi connectivity index (χ1n) is 6.72. The van der Waals surface area contributed by atoms with Crippen LogP contribution in [-0.4, -0.2) is 21.5 Å². The summed E-state index contributed by atoms with van der Waals surface area (Å²) in [7, 11) is -3.01. The Hall–Kier alpha value is -2.41. The van der Waals surface area contributed by atoms with Crippen LogP contribution < -0.4 is 4.72 Å². The van der Waals surface area contributed by atoms with Crippen LogP contribution in [0.5, 0.6) is 0 Å². The number of aryl methyl sites for hydroxylation is 2. The van der Waals surface area contributed by atoms with E-state index in [1.54, 1.807) is 18.2 Å². The summed E-state index contributed by atoms with van der Waals surface area (Å²) in [6.45, 7) is 3.73. The Morgan fingerprint density at radius 2 is 1.78 bits per heavy atom. The summed E-state index contributed by atoms with van der Waals surface area (Å²) in [6, 6.07) is 8.02. The molecule has 1 N–H and O–H groups in total. The van der Waals surface area contributed by atoms with E-state index in [1.807, 2.05) is 13.8 Å². The van der Waals surface area contributed by atoms with Gasteiger partial charge in [-0.2, -0.15) is 0 Å². The summed E-state index contributed by atoms with van der Waals surface area (Å²) >= 11 is 0. The number of nitrogens with one attached hydrogen (secondary N) is 1. The van der Waals surface area contributed by atoms with Crippen LogP contribution in [0.25, 0.3) is 0 Å². The highest BCUT2D eigenvalue weighted by Crippen LogP contribution is 2.22. The fourth-order valence-corrected chi connectivity index (χ4v) is 3.12. The molecule has 0 radical (unpaired) electrons. The van der Waals surface area contributed by atoms with Gasteiger partial charge in [-0.15, -0.1) is 0 Å². The van der Waals surface area contributed by atoms with Crippen molar-refractivity contribution in [2.45, 2.75) is 18.7 Å². The number of ether oxygens (including phenoxy) is 1. The van der Waals surface area contributed by atoms with Gasteiger partial charge < -0.3 is 4.74 Å². The fraction of sp³-hybridized carbons (Fsp3) is 0.188. The molecule has 2 aromatic carbocycles. The van der Waals surface area contributed by atoms with Crippen LogP contribution in [0.3, 0.4) is 0 Å². The van der Waals surface area contributed by atoms with Crippen LogP contribution >= 0.6 is 0 Å². The average Bonchev–Trinajstić information content (AvgIpc) is 2.50. The quantitative estimate of drug-likeness (QED) is 0.871. The van der Waals surface area contributed by atoms with E-state index < -0.39 is 26.7 Å². The lowest BCUT2D eigenvalue weighted by Gasteiger charge is -2.11. The first-order chi connectivity index (χ1) is 10.7. The minimum absolute atomic E-state index is 0.0469. The van der Waals surface area contributed by atoms with Crippen LogP contribution in [0.2, 0.25) is 0 Å². The standard InChI is InChI=1S/C16H16FNO4S/c1-10-4-6-13(8-11(10)2)18-23(20,21)15-9-12(16(19)22-3)5-7-14(15)17/h4-9,18H,1-3H3. The monoisotopic (exact) mass is 337 g/mol. The summed E-state index contributed by atoms with van der Waals surface area (Å²) < 4.78 is 45.5. The third-order valence-electron chi connectivity index (χ3n) is 3.40. The van der Waals surface area contributed by atoms with Crippen molar-refractivity contribution in [3.63, 3.8) is 0 Å². The van der Waals surface area contributed by atoms with E-state index in [0.29, 0.717) is 5.69 Å². The number of hydrogen-bond acceptors (Lipinski definition) is 4. The highest BCUT2D eigenvalue weighted by atomic mass is 32.2. The van der Waals surface area contributed by atoms with Gasteiger partial charge in [0.15, 0.2) is 0 Å². The van der Waals surface area contributed by atoms with Gasteiger partial charge >= 0.3 is 5.97 Å². The van der Waals surface area contributed by atoms with Crippen molar-refractivity contribution in [2.75, 3.05) is 11.8 Å². The summed E-state index contributed by atoms with van der Waals surface area (Å²) in [5.41, 5.74) is 2.17. The molecule has 0 amide bonds. The second kappa shape index (κ2) is 6.37. The molecule has 0 atom stereocenters. The predicted molar refractivity (Wildman–Crippen MR) is 84.5 cm³/mol. The lowest BCUT2D eigenvalue weighted by atomic mass is 10.1. The number of rotatable bonds is 4. The summed E-state index contributed by atoms with van der Waals surface area (Å²) in [6.07, 6.45) is 0. The molecule has 2 rings (SSSR count). The van der Waals surface area contributed by atoms with Gasteiger partial charge in [0.05, 0.1) is 12.7 Å². The molecule has 0 aliphatic carbocycles. The third-order valence-corrected chi connectivity index (χ3v) is 4.80. The number of benzene rings is 2. The molecular weight excluding hydrogens is 321 g/mol. The maximum absolute atomic E-state index is 13.9. The molecule has 0 spiro atoms. The Balaban J connectivity index is 2.42. The van der Waals surface area contributed by atoms with Crippen molar-refractivity contribution in [3.05, 3.63) is 58.9 Å². The lowest BCUT2D eigenvalue weighted by Crippen LogP contribution is -2.16. The van der Waals surface area contributed by atoms with E-state index in [4.69, 9.17) is 0 Å². The number of hydrogen-bond donors (Lipinski definition) is 1. The molecule has 5 nitrogen and oxygen atoms in total. The van der Waals surface area contributed by atoms with Crippen molar-refractivity contribution in [1.82, 2.24) is 0 Å². The van der Waals surface area contributed by atoms with E-state index in [1.165, 1.54) is 0 Å². The van der Waals surface area contributed by atoms with Crippen LogP contribution in [0.4, 0.5) is 10.1 Å². The zero-order chi connectivity index (χ0) is 17.2. The molecule has 122 valence electrons.